The normalized spacial score (nSPS) is 17.5. The maximum atomic E-state index is 13.1. The van der Waals surface area contributed by atoms with Crippen LogP contribution in [-0.4, -0.2) is 35.9 Å². The number of benzene rings is 2. The van der Waals surface area contributed by atoms with Gasteiger partial charge in [-0.2, -0.15) is 0 Å². The molecular formula is C33H40N2O7. The molecule has 1 unspecified atom stereocenters. The number of carbonyl (C=O) groups excluding carboxylic acids is 3. The van der Waals surface area contributed by atoms with E-state index in [0.717, 1.165) is 36.8 Å². The van der Waals surface area contributed by atoms with Gasteiger partial charge in [-0.05, 0) is 88.3 Å². The molecule has 2 N–H and O–H groups in total. The standard InChI is InChI=1S/C33H40N2O7/c1-33(2,3)42-32(38)35-29(30(36)41-26-11-7-8-12-26)25-15-19-28(20-16-25)40-27-17-13-23(14-18-27)21-34-31(37)39-22-24-9-5-4-6-10-24/h4-6,9-10,13-15,17-20,25-26,29H,7-8,11-12,16,21-22H2,1-3H3,(H,34,37)(H,35,38)/t25?,29-/m0/s1. The van der Waals surface area contributed by atoms with Gasteiger partial charge in [0.15, 0.2) is 0 Å². The van der Waals surface area contributed by atoms with E-state index < -0.39 is 29.8 Å². The fourth-order valence-electron chi connectivity index (χ4n) is 4.72. The molecular weight excluding hydrogens is 536 g/mol. The summed E-state index contributed by atoms with van der Waals surface area (Å²) in [7, 11) is 0. The number of nitrogens with one attached hydrogen (secondary N) is 2. The van der Waals surface area contributed by atoms with Crippen LogP contribution in [0.25, 0.3) is 0 Å². The highest BCUT2D eigenvalue weighted by Gasteiger charge is 2.34. The van der Waals surface area contributed by atoms with E-state index in [9.17, 15) is 14.4 Å². The Morgan fingerprint density at radius 3 is 2.29 bits per heavy atom. The molecule has 9 nitrogen and oxygen atoms in total. The van der Waals surface area contributed by atoms with E-state index in [1.807, 2.05) is 66.7 Å². The maximum absolute atomic E-state index is 13.1. The Labute approximate surface area is 247 Å². The Hall–Kier alpha value is -4.27. The van der Waals surface area contributed by atoms with Crippen molar-refractivity contribution in [3.05, 3.63) is 89.7 Å². The van der Waals surface area contributed by atoms with Crippen molar-refractivity contribution >= 4 is 18.2 Å². The van der Waals surface area contributed by atoms with Gasteiger partial charge < -0.3 is 29.6 Å². The van der Waals surface area contributed by atoms with Crippen molar-refractivity contribution in [3.63, 3.8) is 0 Å². The molecule has 0 heterocycles. The molecule has 2 aliphatic carbocycles. The zero-order valence-corrected chi connectivity index (χ0v) is 24.5. The molecule has 2 amide bonds. The second-order valence-electron chi connectivity index (χ2n) is 11.5. The number of amides is 2. The van der Waals surface area contributed by atoms with E-state index in [0.29, 0.717) is 24.5 Å². The molecule has 2 atom stereocenters. The first-order valence-corrected chi connectivity index (χ1v) is 14.4. The van der Waals surface area contributed by atoms with Crippen molar-refractivity contribution < 1.29 is 33.3 Å². The number of allylic oxidation sites excluding steroid dienone is 2. The molecule has 1 saturated carbocycles. The van der Waals surface area contributed by atoms with Gasteiger partial charge in [-0.3, -0.25) is 0 Å². The minimum atomic E-state index is -0.874. The van der Waals surface area contributed by atoms with Crippen LogP contribution < -0.4 is 15.4 Å². The van der Waals surface area contributed by atoms with Crippen LogP contribution >= 0.6 is 0 Å². The predicted molar refractivity (Wildman–Crippen MR) is 157 cm³/mol. The average molecular weight is 577 g/mol. The van der Waals surface area contributed by atoms with Gasteiger partial charge in [0.25, 0.3) is 0 Å². The largest absolute Gasteiger partial charge is 0.461 e. The van der Waals surface area contributed by atoms with Crippen LogP contribution in [0.15, 0.2) is 78.6 Å². The van der Waals surface area contributed by atoms with Crippen LogP contribution in [-0.2, 0) is 32.2 Å². The second-order valence-corrected chi connectivity index (χ2v) is 11.5. The highest BCUT2D eigenvalue weighted by Crippen LogP contribution is 2.26. The van der Waals surface area contributed by atoms with Gasteiger partial charge >= 0.3 is 18.2 Å². The topological polar surface area (TPSA) is 112 Å². The second kappa shape index (κ2) is 14.6. The lowest BCUT2D eigenvalue weighted by molar-refractivity contribution is -0.152. The van der Waals surface area contributed by atoms with Crippen LogP contribution in [0.5, 0.6) is 5.75 Å². The van der Waals surface area contributed by atoms with Crippen LogP contribution in [0, 0.1) is 5.92 Å². The van der Waals surface area contributed by atoms with Gasteiger partial charge in [0, 0.05) is 12.5 Å². The third-order valence-electron chi connectivity index (χ3n) is 6.85. The van der Waals surface area contributed by atoms with Gasteiger partial charge in [-0.25, -0.2) is 14.4 Å². The molecule has 2 aromatic rings. The SMILES string of the molecule is CC(C)(C)OC(=O)N[C@H](C(=O)OC1CCCC1)C1C=CC(Oc2ccc(CNC(=O)OCc3ccccc3)cc2)=CC1. The first-order valence-electron chi connectivity index (χ1n) is 14.4. The van der Waals surface area contributed by atoms with Crippen LogP contribution in [0.2, 0.25) is 0 Å². The van der Waals surface area contributed by atoms with E-state index in [2.05, 4.69) is 10.6 Å². The van der Waals surface area contributed by atoms with E-state index >= 15 is 0 Å². The maximum Gasteiger partial charge on any atom is 0.408 e. The lowest BCUT2D eigenvalue weighted by atomic mass is 9.92. The Bertz CT molecular complexity index is 1260. The number of rotatable bonds is 10. The van der Waals surface area contributed by atoms with Crippen LogP contribution in [0.1, 0.15) is 64.0 Å². The van der Waals surface area contributed by atoms with E-state index in [1.54, 1.807) is 26.8 Å². The highest BCUT2D eigenvalue weighted by atomic mass is 16.6. The minimum Gasteiger partial charge on any atom is -0.461 e. The molecule has 0 saturated heterocycles. The summed E-state index contributed by atoms with van der Waals surface area (Å²) in [4.78, 5) is 37.6. The molecule has 2 aliphatic rings. The van der Waals surface area contributed by atoms with Crippen molar-refractivity contribution in [3.8, 4) is 5.75 Å². The van der Waals surface area contributed by atoms with Crippen LogP contribution in [0.4, 0.5) is 9.59 Å². The zero-order chi connectivity index (χ0) is 30.0. The van der Waals surface area contributed by atoms with Gasteiger partial charge in [-0.15, -0.1) is 0 Å². The van der Waals surface area contributed by atoms with Crippen LogP contribution in [0.3, 0.4) is 0 Å². The number of carbonyl (C=O) groups is 3. The molecule has 0 radical (unpaired) electrons. The predicted octanol–water partition coefficient (Wildman–Crippen LogP) is 6.33. The van der Waals surface area contributed by atoms with Gasteiger partial charge in [-0.1, -0.05) is 48.5 Å². The molecule has 0 aromatic heterocycles. The number of hydrogen-bond acceptors (Lipinski definition) is 7. The smallest absolute Gasteiger partial charge is 0.408 e. The van der Waals surface area contributed by atoms with E-state index in [-0.39, 0.29) is 18.6 Å². The zero-order valence-electron chi connectivity index (χ0n) is 24.5. The van der Waals surface area contributed by atoms with Gasteiger partial charge in [0.1, 0.15) is 35.9 Å². The number of hydrogen-bond donors (Lipinski definition) is 2. The number of esters is 1. The summed E-state index contributed by atoms with van der Waals surface area (Å²) >= 11 is 0. The first kappa shape index (κ1) is 30.7. The third kappa shape index (κ3) is 9.98. The number of alkyl carbamates (subject to hydrolysis) is 2. The highest BCUT2D eigenvalue weighted by molar-refractivity contribution is 5.82. The Kier molecular flexibility index (Phi) is 10.6. The molecule has 0 bridgehead atoms. The van der Waals surface area contributed by atoms with Gasteiger partial charge in [0.05, 0.1) is 0 Å². The average Bonchev–Trinajstić information content (AvgIpc) is 3.47. The Morgan fingerprint density at radius 2 is 1.64 bits per heavy atom. The first-order chi connectivity index (χ1) is 20.1. The lowest BCUT2D eigenvalue weighted by Crippen LogP contribution is -2.48. The monoisotopic (exact) mass is 576 g/mol. The molecule has 0 spiro atoms. The molecule has 42 heavy (non-hydrogen) atoms. The summed E-state index contributed by atoms with van der Waals surface area (Å²) in [6.07, 6.45) is 8.50. The molecule has 224 valence electrons. The summed E-state index contributed by atoms with van der Waals surface area (Å²) in [6.45, 7) is 5.85. The van der Waals surface area contributed by atoms with Crippen molar-refractivity contribution in [2.24, 2.45) is 5.92 Å². The Balaban J connectivity index is 1.27. The molecule has 0 aliphatic heterocycles. The van der Waals surface area contributed by atoms with Crippen molar-refractivity contribution in [1.29, 1.82) is 0 Å². The Morgan fingerprint density at radius 1 is 0.929 bits per heavy atom. The summed E-state index contributed by atoms with van der Waals surface area (Å²) in [5, 5.41) is 5.47. The summed E-state index contributed by atoms with van der Waals surface area (Å²) in [6, 6.07) is 16.0. The summed E-state index contributed by atoms with van der Waals surface area (Å²) in [5.41, 5.74) is 1.12. The summed E-state index contributed by atoms with van der Waals surface area (Å²) in [5.74, 6) is 0.493. The van der Waals surface area contributed by atoms with Crippen molar-refractivity contribution in [1.82, 2.24) is 10.6 Å². The molecule has 9 heteroatoms. The minimum absolute atomic E-state index is 0.111. The quantitative estimate of drug-likeness (QED) is 0.251. The molecule has 2 aromatic carbocycles. The molecule has 1 fully saturated rings. The fourth-order valence-corrected chi connectivity index (χ4v) is 4.72. The van der Waals surface area contributed by atoms with Crippen molar-refractivity contribution in [2.75, 3.05) is 0 Å². The lowest BCUT2D eigenvalue weighted by Gasteiger charge is -2.28. The fraction of sp³-hybridized carbons (Fsp3) is 0.424. The number of ether oxygens (including phenoxy) is 4. The van der Waals surface area contributed by atoms with E-state index in [1.165, 1.54) is 0 Å². The summed E-state index contributed by atoms with van der Waals surface area (Å²) < 4.78 is 22.4. The van der Waals surface area contributed by atoms with Crippen molar-refractivity contribution in [2.45, 2.75) is 83.8 Å². The van der Waals surface area contributed by atoms with E-state index in [4.69, 9.17) is 18.9 Å². The van der Waals surface area contributed by atoms with Gasteiger partial charge in [0.2, 0.25) is 0 Å². The molecule has 4 rings (SSSR count). The third-order valence-corrected chi connectivity index (χ3v) is 6.85.